The maximum Gasteiger partial charge on any atom is 0.242 e. The molecule has 7 nitrogen and oxygen atoms in total. The summed E-state index contributed by atoms with van der Waals surface area (Å²) in [6, 6.07) is 2.24. The first-order valence-corrected chi connectivity index (χ1v) is 10.00. The number of halogens is 1. The Morgan fingerprint density at radius 3 is 2.70 bits per heavy atom. The van der Waals surface area contributed by atoms with Gasteiger partial charge in [-0.15, -0.1) is 0 Å². The van der Waals surface area contributed by atoms with E-state index in [1.807, 2.05) is 27.7 Å². The van der Waals surface area contributed by atoms with Gasteiger partial charge in [-0.3, -0.25) is 14.6 Å². The minimum Gasteiger partial charge on any atom is -0.487 e. The minimum atomic E-state index is -0.621. The molecule has 0 radical (unpaired) electrons. The third kappa shape index (κ3) is 4.75. The van der Waals surface area contributed by atoms with Crippen molar-refractivity contribution in [1.82, 2.24) is 20.6 Å². The first kappa shape index (κ1) is 21.7. The molecule has 0 fully saturated rings. The van der Waals surface area contributed by atoms with Gasteiger partial charge in [0.1, 0.15) is 23.7 Å². The molecule has 8 heteroatoms. The number of nitrogens with zero attached hydrogens (tertiary/aromatic N) is 2. The Kier molecular flexibility index (Phi) is 6.34. The molecule has 1 aliphatic heterocycles. The fourth-order valence-electron chi connectivity index (χ4n) is 3.56. The molecule has 30 heavy (non-hydrogen) atoms. The van der Waals surface area contributed by atoms with Crippen molar-refractivity contribution in [2.75, 3.05) is 6.54 Å². The molecule has 2 unspecified atom stereocenters. The van der Waals surface area contributed by atoms with Crippen LogP contribution in [-0.4, -0.2) is 40.5 Å². The van der Waals surface area contributed by atoms with Crippen LogP contribution < -0.4 is 15.4 Å². The standard InChI is InChI=1S/C22H27FN4O3/c1-11(2)19(27-14(5)28)22(29)25-10-17-7-15-6-16(23)8-18(21(15)30-17)20-13(4)24-9-12(3)26-20/h6,8-9,11,17,19H,7,10H2,1-5H3,(H,25,29)(H,27,28). The normalized spacial score (nSPS) is 16.0. The number of aromatic nitrogens is 2. The largest absolute Gasteiger partial charge is 0.487 e. The maximum atomic E-state index is 14.3. The molecule has 0 saturated heterocycles. The van der Waals surface area contributed by atoms with Crippen LogP contribution in [0.15, 0.2) is 18.3 Å². The van der Waals surface area contributed by atoms with Crippen molar-refractivity contribution >= 4 is 11.8 Å². The predicted octanol–water partition coefficient (Wildman–Crippen LogP) is 2.48. The van der Waals surface area contributed by atoms with Crippen LogP contribution in [0.4, 0.5) is 4.39 Å². The monoisotopic (exact) mass is 414 g/mol. The molecule has 0 saturated carbocycles. The highest BCUT2D eigenvalue weighted by Gasteiger charge is 2.30. The molecule has 2 amide bonds. The van der Waals surface area contributed by atoms with Gasteiger partial charge in [0, 0.05) is 30.7 Å². The molecule has 1 aromatic carbocycles. The number of ether oxygens (including phenoxy) is 1. The summed E-state index contributed by atoms with van der Waals surface area (Å²) in [6.07, 6.45) is 1.79. The zero-order chi connectivity index (χ0) is 22.0. The predicted molar refractivity (Wildman–Crippen MR) is 110 cm³/mol. The maximum absolute atomic E-state index is 14.3. The van der Waals surface area contributed by atoms with Crippen LogP contribution >= 0.6 is 0 Å². The summed E-state index contributed by atoms with van der Waals surface area (Å²) in [5, 5.41) is 5.50. The van der Waals surface area contributed by atoms with Crippen LogP contribution in [0.5, 0.6) is 5.75 Å². The Labute approximate surface area is 175 Å². The second-order valence-electron chi connectivity index (χ2n) is 8.00. The fraction of sp³-hybridized carbons (Fsp3) is 0.455. The topological polar surface area (TPSA) is 93.2 Å². The van der Waals surface area contributed by atoms with Gasteiger partial charge in [0.15, 0.2) is 0 Å². The van der Waals surface area contributed by atoms with Gasteiger partial charge in [0.2, 0.25) is 11.8 Å². The van der Waals surface area contributed by atoms with Crippen LogP contribution in [0.1, 0.15) is 37.7 Å². The van der Waals surface area contributed by atoms with E-state index in [-0.39, 0.29) is 36.2 Å². The highest BCUT2D eigenvalue weighted by molar-refractivity contribution is 5.87. The van der Waals surface area contributed by atoms with Crippen molar-refractivity contribution in [2.24, 2.45) is 5.92 Å². The van der Waals surface area contributed by atoms with Gasteiger partial charge in [-0.05, 0) is 31.9 Å². The lowest BCUT2D eigenvalue weighted by atomic mass is 10.0. The number of rotatable bonds is 6. The van der Waals surface area contributed by atoms with Crippen molar-refractivity contribution in [3.8, 4) is 17.0 Å². The van der Waals surface area contributed by atoms with Gasteiger partial charge in [0.25, 0.3) is 0 Å². The van der Waals surface area contributed by atoms with E-state index in [9.17, 15) is 14.0 Å². The van der Waals surface area contributed by atoms with E-state index in [4.69, 9.17) is 4.74 Å². The molecule has 0 spiro atoms. The number of nitrogens with one attached hydrogen (secondary N) is 2. The number of carbonyl (C=O) groups is 2. The molecular weight excluding hydrogens is 387 g/mol. The second kappa shape index (κ2) is 8.77. The first-order valence-electron chi connectivity index (χ1n) is 10.00. The quantitative estimate of drug-likeness (QED) is 0.758. The van der Waals surface area contributed by atoms with Crippen molar-refractivity contribution in [2.45, 2.75) is 53.2 Å². The van der Waals surface area contributed by atoms with Crippen LogP contribution in [0.25, 0.3) is 11.3 Å². The number of amides is 2. The van der Waals surface area contributed by atoms with Gasteiger partial charge < -0.3 is 15.4 Å². The van der Waals surface area contributed by atoms with Crippen LogP contribution in [0.2, 0.25) is 0 Å². The number of aryl methyl sites for hydroxylation is 2. The fourth-order valence-corrected chi connectivity index (χ4v) is 3.56. The third-order valence-electron chi connectivity index (χ3n) is 5.01. The smallest absolute Gasteiger partial charge is 0.242 e. The van der Waals surface area contributed by atoms with Gasteiger partial charge in [0.05, 0.1) is 23.6 Å². The highest BCUT2D eigenvalue weighted by atomic mass is 19.1. The number of hydrogen-bond acceptors (Lipinski definition) is 5. The summed E-state index contributed by atoms with van der Waals surface area (Å²) in [6.45, 7) is 9.00. The molecule has 3 rings (SSSR count). The minimum absolute atomic E-state index is 0.0563. The van der Waals surface area contributed by atoms with Crippen molar-refractivity contribution < 1.29 is 18.7 Å². The Morgan fingerprint density at radius 1 is 1.30 bits per heavy atom. The summed E-state index contributed by atoms with van der Waals surface area (Å²) in [4.78, 5) is 32.7. The van der Waals surface area contributed by atoms with E-state index >= 15 is 0 Å². The number of hydrogen-bond donors (Lipinski definition) is 2. The molecule has 2 N–H and O–H groups in total. The van der Waals surface area contributed by atoms with Crippen molar-refractivity contribution in [3.05, 3.63) is 41.1 Å². The summed E-state index contributed by atoms with van der Waals surface area (Å²) < 4.78 is 20.4. The summed E-state index contributed by atoms with van der Waals surface area (Å²) >= 11 is 0. The van der Waals surface area contributed by atoms with Gasteiger partial charge in [-0.2, -0.15) is 0 Å². The van der Waals surface area contributed by atoms with Crippen LogP contribution in [0, 0.1) is 25.6 Å². The van der Waals surface area contributed by atoms with Crippen molar-refractivity contribution in [1.29, 1.82) is 0 Å². The number of benzene rings is 1. The Morgan fingerprint density at radius 2 is 2.03 bits per heavy atom. The third-order valence-corrected chi connectivity index (χ3v) is 5.01. The molecule has 160 valence electrons. The Hall–Kier alpha value is -3.03. The average Bonchev–Trinajstić information content (AvgIpc) is 3.07. The molecule has 2 heterocycles. The van der Waals surface area contributed by atoms with Gasteiger partial charge in [-0.1, -0.05) is 13.8 Å². The molecule has 0 aliphatic carbocycles. The zero-order valence-electron chi connectivity index (χ0n) is 17.9. The van der Waals surface area contributed by atoms with E-state index in [1.54, 1.807) is 6.20 Å². The molecule has 1 aromatic heterocycles. The number of carbonyl (C=O) groups excluding carboxylic acids is 2. The molecule has 2 atom stereocenters. The zero-order valence-corrected chi connectivity index (χ0v) is 17.9. The summed E-state index contributed by atoms with van der Waals surface area (Å²) in [5.41, 5.74) is 3.29. The Balaban J connectivity index is 1.76. The van der Waals surface area contributed by atoms with Gasteiger partial charge in [-0.25, -0.2) is 9.37 Å². The van der Waals surface area contributed by atoms with Gasteiger partial charge >= 0.3 is 0 Å². The average molecular weight is 414 g/mol. The van der Waals surface area contributed by atoms with Crippen molar-refractivity contribution in [3.63, 3.8) is 0 Å². The Bertz CT molecular complexity index is 977. The SMILES string of the molecule is CC(=O)NC(C(=O)NCC1Cc2cc(F)cc(-c3nc(C)cnc3C)c2O1)C(C)C. The van der Waals surface area contributed by atoms with Crippen LogP contribution in [0.3, 0.4) is 0 Å². The summed E-state index contributed by atoms with van der Waals surface area (Å²) in [5.74, 6) is -0.389. The molecule has 1 aliphatic rings. The highest BCUT2D eigenvalue weighted by Crippen LogP contribution is 2.39. The lowest BCUT2D eigenvalue weighted by Gasteiger charge is -2.22. The lowest BCUT2D eigenvalue weighted by Crippen LogP contribution is -2.50. The summed E-state index contributed by atoms with van der Waals surface area (Å²) in [7, 11) is 0. The van der Waals surface area contributed by atoms with E-state index in [2.05, 4.69) is 20.6 Å². The molecular formula is C22H27FN4O3. The number of fused-ring (bicyclic) bond motifs is 1. The second-order valence-corrected chi connectivity index (χ2v) is 8.00. The van der Waals surface area contributed by atoms with Crippen LogP contribution in [-0.2, 0) is 16.0 Å². The molecule has 0 bridgehead atoms. The lowest BCUT2D eigenvalue weighted by molar-refractivity contribution is -0.129. The first-order chi connectivity index (χ1) is 14.2. The molecule has 2 aromatic rings. The van der Waals surface area contributed by atoms with E-state index in [0.29, 0.717) is 29.1 Å². The van der Waals surface area contributed by atoms with E-state index in [1.165, 1.54) is 19.1 Å². The van der Waals surface area contributed by atoms with E-state index < -0.39 is 6.04 Å². The van der Waals surface area contributed by atoms with E-state index in [0.717, 1.165) is 11.3 Å².